The lowest BCUT2D eigenvalue weighted by molar-refractivity contribution is 0.206. The summed E-state index contributed by atoms with van der Waals surface area (Å²) in [4.78, 5) is 18.4. The number of carbonyl (C=O) groups is 1. The van der Waals surface area contributed by atoms with Gasteiger partial charge in [0, 0.05) is 44.7 Å². The van der Waals surface area contributed by atoms with Crippen molar-refractivity contribution in [2.24, 2.45) is 0 Å². The van der Waals surface area contributed by atoms with Crippen LogP contribution in [0, 0.1) is 0 Å². The fourth-order valence-electron chi connectivity index (χ4n) is 2.79. The van der Waals surface area contributed by atoms with E-state index in [9.17, 15) is 4.79 Å². The molecular weight excluding hydrogens is 316 g/mol. The van der Waals surface area contributed by atoms with Crippen molar-refractivity contribution in [3.05, 3.63) is 54.2 Å². The SMILES string of the molecule is CCc1nncn1CCNC(=O)N(C)Cc1cccc2ncccc12. The molecule has 0 aliphatic heterocycles. The van der Waals surface area contributed by atoms with Crippen LogP contribution in [0.15, 0.2) is 42.9 Å². The van der Waals surface area contributed by atoms with Crippen LogP contribution < -0.4 is 5.32 Å². The molecule has 0 fully saturated rings. The number of hydrogen-bond acceptors (Lipinski definition) is 4. The van der Waals surface area contributed by atoms with Crippen molar-refractivity contribution in [3.63, 3.8) is 0 Å². The minimum atomic E-state index is -0.105. The van der Waals surface area contributed by atoms with Crippen molar-refractivity contribution in [1.29, 1.82) is 0 Å². The van der Waals surface area contributed by atoms with Gasteiger partial charge in [-0.25, -0.2) is 4.79 Å². The summed E-state index contributed by atoms with van der Waals surface area (Å²) in [7, 11) is 1.79. The van der Waals surface area contributed by atoms with E-state index in [4.69, 9.17) is 0 Å². The number of hydrogen-bond donors (Lipinski definition) is 1. The Balaban J connectivity index is 1.57. The van der Waals surface area contributed by atoms with E-state index in [2.05, 4.69) is 20.5 Å². The number of nitrogens with one attached hydrogen (secondary N) is 1. The summed E-state index contributed by atoms with van der Waals surface area (Å²) in [5, 5.41) is 11.9. The molecule has 2 heterocycles. The van der Waals surface area contributed by atoms with Gasteiger partial charge in [-0.1, -0.05) is 25.1 Å². The number of fused-ring (bicyclic) bond motifs is 1. The molecule has 130 valence electrons. The first-order valence-corrected chi connectivity index (χ1v) is 8.37. The van der Waals surface area contributed by atoms with Gasteiger partial charge in [-0.15, -0.1) is 10.2 Å². The number of rotatable bonds is 6. The third-order valence-electron chi connectivity index (χ3n) is 4.13. The first-order chi connectivity index (χ1) is 12.2. The van der Waals surface area contributed by atoms with Crippen LogP contribution in [-0.4, -0.2) is 44.3 Å². The number of nitrogens with zero attached hydrogens (tertiary/aromatic N) is 5. The van der Waals surface area contributed by atoms with Crippen LogP contribution >= 0.6 is 0 Å². The van der Waals surface area contributed by atoms with Gasteiger partial charge >= 0.3 is 6.03 Å². The van der Waals surface area contributed by atoms with Crippen molar-refractivity contribution in [2.75, 3.05) is 13.6 Å². The number of amides is 2. The molecule has 1 aromatic carbocycles. The zero-order chi connectivity index (χ0) is 17.6. The van der Waals surface area contributed by atoms with Gasteiger partial charge in [-0.05, 0) is 17.7 Å². The second kappa shape index (κ2) is 7.74. The summed E-state index contributed by atoms with van der Waals surface area (Å²) in [6.45, 7) is 3.76. The van der Waals surface area contributed by atoms with E-state index < -0.39 is 0 Å². The maximum Gasteiger partial charge on any atom is 0.317 e. The molecule has 0 radical (unpaired) electrons. The number of carbonyl (C=O) groups excluding carboxylic acids is 1. The van der Waals surface area contributed by atoms with E-state index in [1.165, 1.54) is 0 Å². The van der Waals surface area contributed by atoms with E-state index in [0.717, 1.165) is 28.7 Å². The van der Waals surface area contributed by atoms with Crippen LogP contribution in [0.25, 0.3) is 10.9 Å². The molecule has 0 aliphatic rings. The zero-order valence-electron chi connectivity index (χ0n) is 14.5. The predicted octanol–water partition coefficient (Wildman–Crippen LogP) is 2.23. The molecule has 25 heavy (non-hydrogen) atoms. The molecule has 3 aromatic rings. The fraction of sp³-hybridized carbons (Fsp3) is 0.333. The van der Waals surface area contributed by atoms with E-state index in [1.807, 2.05) is 41.8 Å². The van der Waals surface area contributed by atoms with Crippen LogP contribution in [0.3, 0.4) is 0 Å². The third kappa shape index (κ3) is 3.93. The maximum absolute atomic E-state index is 12.3. The van der Waals surface area contributed by atoms with Crippen molar-refractivity contribution in [1.82, 2.24) is 30.0 Å². The van der Waals surface area contributed by atoms with Gasteiger partial charge in [0.1, 0.15) is 12.2 Å². The van der Waals surface area contributed by atoms with Crippen LogP contribution in [0.1, 0.15) is 18.3 Å². The summed E-state index contributed by atoms with van der Waals surface area (Å²) in [6.07, 6.45) is 4.29. The highest BCUT2D eigenvalue weighted by Crippen LogP contribution is 2.17. The Bertz CT molecular complexity index is 854. The third-order valence-corrected chi connectivity index (χ3v) is 4.13. The second-order valence-corrected chi connectivity index (χ2v) is 5.87. The first kappa shape index (κ1) is 16.9. The van der Waals surface area contributed by atoms with Gasteiger partial charge in [-0.2, -0.15) is 0 Å². The molecule has 0 unspecified atom stereocenters. The Kier molecular flexibility index (Phi) is 5.23. The van der Waals surface area contributed by atoms with Gasteiger partial charge in [0.15, 0.2) is 0 Å². The number of aromatic nitrogens is 4. The molecule has 7 heteroatoms. The molecular formula is C18H22N6O. The van der Waals surface area contributed by atoms with Crippen molar-refractivity contribution < 1.29 is 4.79 Å². The Morgan fingerprint density at radius 1 is 1.28 bits per heavy atom. The highest BCUT2D eigenvalue weighted by molar-refractivity contribution is 5.82. The van der Waals surface area contributed by atoms with Crippen molar-refractivity contribution in [2.45, 2.75) is 26.4 Å². The Hall–Kier alpha value is -2.96. The molecule has 3 rings (SSSR count). The maximum atomic E-state index is 12.3. The van der Waals surface area contributed by atoms with Gasteiger partial charge in [0.2, 0.25) is 0 Å². The van der Waals surface area contributed by atoms with E-state index >= 15 is 0 Å². The van der Waals surface area contributed by atoms with Crippen LogP contribution in [-0.2, 0) is 19.5 Å². The van der Waals surface area contributed by atoms with Gasteiger partial charge in [-0.3, -0.25) is 4.98 Å². The Morgan fingerprint density at radius 3 is 3.00 bits per heavy atom. The number of aryl methyl sites for hydroxylation is 1. The zero-order valence-corrected chi connectivity index (χ0v) is 14.5. The fourth-order valence-corrected chi connectivity index (χ4v) is 2.79. The molecule has 2 amide bonds. The molecule has 2 aromatic heterocycles. The highest BCUT2D eigenvalue weighted by Gasteiger charge is 2.11. The second-order valence-electron chi connectivity index (χ2n) is 5.87. The van der Waals surface area contributed by atoms with E-state index in [-0.39, 0.29) is 6.03 Å². The molecule has 0 saturated heterocycles. The quantitative estimate of drug-likeness (QED) is 0.748. The number of benzene rings is 1. The molecule has 0 bridgehead atoms. The van der Waals surface area contributed by atoms with Gasteiger partial charge in [0.25, 0.3) is 0 Å². The minimum absolute atomic E-state index is 0.105. The Morgan fingerprint density at radius 2 is 2.16 bits per heavy atom. The van der Waals surface area contributed by atoms with Gasteiger partial charge < -0.3 is 14.8 Å². The lowest BCUT2D eigenvalue weighted by Crippen LogP contribution is -2.38. The highest BCUT2D eigenvalue weighted by atomic mass is 16.2. The normalized spacial score (nSPS) is 10.8. The monoisotopic (exact) mass is 338 g/mol. The standard InChI is InChI=1S/C18H22N6O/c1-3-17-22-21-13-24(17)11-10-20-18(25)23(2)12-14-6-4-8-16-15(14)7-5-9-19-16/h4-9,13H,3,10-12H2,1-2H3,(H,20,25). The smallest absolute Gasteiger partial charge is 0.317 e. The number of pyridine rings is 1. The van der Waals surface area contributed by atoms with Crippen molar-refractivity contribution in [3.8, 4) is 0 Å². The van der Waals surface area contributed by atoms with Crippen LogP contribution in [0.5, 0.6) is 0 Å². The summed E-state index contributed by atoms with van der Waals surface area (Å²) in [5.74, 6) is 0.922. The topological polar surface area (TPSA) is 75.9 Å². The summed E-state index contributed by atoms with van der Waals surface area (Å²) >= 11 is 0. The molecule has 0 aliphatic carbocycles. The average Bonchev–Trinajstić information content (AvgIpc) is 3.09. The molecule has 7 nitrogen and oxygen atoms in total. The lowest BCUT2D eigenvalue weighted by atomic mass is 10.1. The summed E-state index contributed by atoms with van der Waals surface area (Å²) < 4.78 is 1.96. The largest absolute Gasteiger partial charge is 0.336 e. The molecule has 1 N–H and O–H groups in total. The lowest BCUT2D eigenvalue weighted by Gasteiger charge is -2.19. The van der Waals surface area contributed by atoms with E-state index in [1.54, 1.807) is 24.5 Å². The molecule has 0 saturated carbocycles. The van der Waals surface area contributed by atoms with Gasteiger partial charge in [0.05, 0.1) is 5.52 Å². The van der Waals surface area contributed by atoms with E-state index in [0.29, 0.717) is 19.6 Å². The summed E-state index contributed by atoms with van der Waals surface area (Å²) in [6, 6.07) is 9.81. The van der Waals surface area contributed by atoms with Crippen LogP contribution in [0.4, 0.5) is 4.79 Å². The molecule has 0 spiro atoms. The average molecular weight is 338 g/mol. The predicted molar refractivity (Wildman–Crippen MR) is 96.0 cm³/mol. The molecule has 0 atom stereocenters. The van der Waals surface area contributed by atoms with Crippen LogP contribution in [0.2, 0.25) is 0 Å². The number of urea groups is 1. The Labute approximate surface area is 146 Å². The minimum Gasteiger partial charge on any atom is -0.336 e. The van der Waals surface area contributed by atoms with Crippen molar-refractivity contribution >= 4 is 16.9 Å². The first-order valence-electron chi connectivity index (χ1n) is 8.37. The summed E-state index contributed by atoms with van der Waals surface area (Å²) in [5.41, 5.74) is 2.02.